The summed E-state index contributed by atoms with van der Waals surface area (Å²) in [4.78, 5) is 0. The first-order chi connectivity index (χ1) is 6.35. The van der Waals surface area contributed by atoms with E-state index in [-0.39, 0.29) is 11.9 Å². The van der Waals surface area contributed by atoms with E-state index in [1.165, 1.54) is 0 Å². The van der Waals surface area contributed by atoms with Gasteiger partial charge in [0.05, 0.1) is 32.5 Å². The molecule has 0 aromatic rings. The van der Waals surface area contributed by atoms with Crippen LogP contribution in [-0.2, 0) is 18.9 Å². The van der Waals surface area contributed by atoms with Crippen LogP contribution >= 0.6 is 0 Å². The number of rotatable bonds is 2. The molecule has 2 saturated heterocycles. The molecule has 1 spiro atoms. The highest BCUT2D eigenvalue weighted by Crippen LogP contribution is 2.33. The lowest BCUT2D eigenvalue weighted by atomic mass is 10.0. The Bertz CT molecular complexity index is 163. The molecule has 2 heterocycles. The first-order valence-electron chi connectivity index (χ1n) is 4.73. The maximum atomic E-state index is 5.60. The van der Waals surface area contributed by atoms with Gasteiger partial charge >= 0.3 is 0 Å². The van der Waals surface area contributed by atoms with Crippen LogP contribution in [0, 0.1) is 0 Å². The summed E-state index contributed by atoms with van der Waals surface area (Å²) >= 11 is 0. The molecule has 76 valence electrons. The molecule has 0 amide bonds. The van der Waals surface area contributed by atoms with E-state index < -0.39 is 0 Å². The van der Waals surface area contributed by atoms with E-state index >= 15 is 0 Å². The average molecular weight is 188 g/mol. The minimum atomic E-state index is -0.360. The van der Waals surface area contributed by atoms with Gasteiger partial charge in [-0.3, -0.25) is 0 Å². The predicted octanol–water partition coefficient (Wildman–Crippen LogP) is 0.555. The molecule has 0 bridgehead atoms. The minimum Gasteiger partial charge on any atom is -0.382 e. The standard InChI is InChI=1S/C9H16O4/c1-10-7-8-6-9(2-3-11-8)12-4-5-13-9/h8H,2-7H2,1H3. The number of hydrogen-bond donors (Lipinski definition) is 0. The zero-order chi connectivity index (χ0) is 9.15. The molecular formula is C9H16O4. The molecule has 4 heteroatoms. The van der Waals surface area contributed by atoms with Crippen molar-refractivity contribution in [2.45, 2.75) is 24.7 Å². The number of hydrogen-bond acceptors (Lipinski definition) is 4. The van der Waals surface area contributed by atoms with Gasteiger partial charge in [-0.15, -0.1) is 0 Å². The summed E-state index contributed by atoms with van der Waals surface area (Å²) in [5, 5.41) is 0. The largest absolute Gasteiger partial charge is 0.382 e. The highest BCUT2D eigenvalue weighted by molar-refractivity contribution is 4.82. The molecule has 2 fully saturated rings. The summed E-state index contributed by atoms with van der Waals surface area (Å²) in [6.07, 6.45) is 1.76. The molecule has 0 radical (unpaired) electrons. The van der Waals surface area contributed by atoms with E-state index in [0.717, 1.165) is 12.8 Å². The Morgan fingerprint density at radius 1 is 1.31 bits per heavy atom. The Hall–Kier alpha value is -0.160. The van der Waals surface area contributed by atoms with Gasteiger partial charge in [0.1, 0.15) is 0 Å². The summed E-state index contributed by atoms with van der Waals surface area (Å²) in [5.74, 6) is -0.360. The molecule has 4 nitrogen and oxygen atoms in total. The van der Waals surface area contributed by atoms with Gasteiger partial charge in [-0.05, 0) is 0 Å². The van der Waals surface area contributed by atoms with Crippen LogP contribution in [0.15, 0.2) is 0 Å². The lowest BCUT2D eigenvalue weighted by Crippen LogP contribution is -2.43. The highest BCUT2D eigenvalue weighted by Gasteiger charge is 2.41. The van der Waals surface area contributed by atoms with Crippen LogP contribution in [0.2, 0.25) is 0 Å². The van der Waals surface area contributed by atoms with Crippen LogP contribution in [0.25, 0.3) is 0 Å². The van der Waals surface area contributed by atoms with Gasteiger partial charge in [-0.25, -0.2) is 0 Å². The van der Waals surface area contributed by atoms with Crippen molar-refractivity contribution in [2.75, 3.05) is 33.5 Å². The van der Waals surface area contributed by atoms with Crippen molar-refractivity contribution in [3.63, 3.8) is 0 Å². The summed E-state index contributed by atoms with van der Waals surface area (Å²) in [6, 6.07) is 0. The highest BCUT2D eigenvalue weighted by atomic mass is 16.7. The third kappa shape index (κ3) is 2.02. The van der Waals surface area contributed by atoms with E-state index in [2.05, 4.69) is 0 Å². The van der Waals surface area contributed by atoms with Gasteiger partial charge in [0.25, 0.3) is 0 Å². The minimum absolute atomic E-state index is 0.122. The van der Waals surface area contributed by atoms with Crippen LogP contribution in [-0.4, -0.2) is 45.4 Å². The first kappa shape index (κ1) is 9.40. The summed E-state index contributed by atoms with van der Waals surface area (Å²) in [6.45, 7) is 2.74. The molecule has 2 rings (SSSR count). The Balaban J connectivity index is 1.90. The van der Waals surface area contributed by atoms with Gasteiger partial charge in [-0.2, -0.15) is 0 Å². The van der Waals surface area contributed by atoms with Crippen molar-refractivity contribution in [1.29, 1.82) is 0 Å². The van der Waals surface area contributed by atoms with Gasteiger partial charge in [0, 0.05) is 20.0 Å². The van der Waals surface area contributed by atoms with E-state index in [1.54, 1.807) is 7.11 Å². The Kier molecular flexibility index (Phi) is 2.83. The zero-order valence-corrected chi connectivity index (χ0v) is 7.95. The number of ether oxygens (including phenoxy) is 4. The van der Waals surface area contributed by atoms with E-state index in [1.807, 2.05) is 0 Å². The second kappa shape index (κ2) is 3.92. The molecule has 2 aliphatic heterocycles. The molecule has 13 heavy (non-hydrogen) atoms. The smallest absolute Gasteiger partial charge is 0.173 e. The van der Waals surface area contributed by atoms with Gasteiger partial charge in [0.15, 0.2) is 5.79 Å². The van der Waals surface area contributed by atoms with E-state index in [0.29, 0.717) is 26.4 Å². The molecule has 0 aromatic heterocycles. The summed E-state index contributed by atoms with van der Waals surface area (Å²) in [5.41, 5.74) is 0. The van der Waals surface area contributed by atoms with Crippen molar-refractivity contribution >= 4 is 0 Å². The summed E-state index contributed by atoms with van der Waals surface area (Å²) in [7, 11) is 1.68. The molecular weight excluding hydrogens is 172 g/mol. The molecule has 0 aromatic carbocycles. The second-order valence-corrected chi connectivity index (χ2v) is 3.51. The van der Waals surface area contributed by atoms with Crippen molar-refractivity contribution in [3.8, 4) is 0 Å². The Morgan fingerprint density at radius 3 is 2.77 bits per heavy atom. The molecule has 2 aliphatic rings. The third-order valence-corrected chi connectivity index (χ3v) is 2.54. The fourth-order valence-corrected chi connectivity index (χ4v) is 1.94. The van der Waals surface area contributed by atoms with Crippen LogP contribution in [0.4, 0.5) is 0 Å². The van der Waals surface area contributed by atoms with Crippen molar-refractivity contribution in [3.05, 3.63) is 0 Å². The lowest BCUT2D eigenvalue weighted by molar-refractivity contribution is -0.225. The van der Waals surface area contributed by atoms with Crippen molar-refractivity contribution in [1.82, 2.24) is 0 Å². The topological polar surface area (TPSA) is 36.9 Å². The fourth-order valence-electron chi connectivity index (χ4n) is 1.94. The van der Waals surface area contributed by atoms with E-state index in [9.17, 15) is 0 Å². The maximum Gasteiger partial charge on any atom is 0.173 e. The van der Waals surface area contributed by atoms with Crippen LogP contribution in [0.1, 0.15) is 12.8 Å². The third-order valence-electron chi connectivity index (χ3n) is 2.54. The van der Waals surface area contributed by atoms with Crippen LogP contribution < -0.4 is 0 Å². The predicted molar refractivity (Wildman–Crippen MR) is 45.5 cm³/mol. The van der Waals surface area contributed by atoms with Gasteiger partial charge < -0.3 is 18.9 Å². The van der Waals surface area contributed by atoms with Gasteiger partial charge in [-0.1, -0.05) is 0 Å². The van der Waals surface area contributed by atoms with Crippen molar-refractivity contribution in [2.24, 2.45) is 0 Å². The fraction of sp³-hybridized carbons (Fsp3) is 1.00. The van der Waals surface area contributed by atoms with Crippen LogP contribution in [0.5, 0.6) is 0 Å². The first-order valence-corrected chi connectivity index (χ1v) is 4.73. The quantitative estimate of drug-likeness (QED) is 0.634. The second-order valence-electron chi connectivity index (χ2n) is 3.51. The average Bonchev–Trinajstić information content (AvgIpc) is 2.54. The SMILES string of the molecule is COCC1CC2(CCO1)OCCO2. The van der Waals surface area contributed by atoms with E-state index in [4.69, 9.17) is 18.9 Å². The summed E-state index contributed by atoms with van der Waals surface area (Å²) < 4.78 is 21.8. The normalized spacial score (nSPS) is 32.5. The molecule has 0 N–H and O–H groups in total. The monoisotopic (exact) mass is 188 g/mol. The molecule has 0 saturated carbocycles. The number of methoxy groups -OCH3 is 1. The zero-order valence-electron chi connectivity index (χ0n) is 7.95. The molecule has 0 aliphatic carbocycles. The van der Waals surface area contributed by atoms with Crippen LogP contribution in [0.3, 0.4) is 0 Å². The molecule has 1 atom stereocenters. The van der Waals surface area contributed by atoms with Crippen molar-refractivity contribution < 1.29 is 18.9 Å². The Morgan fingerprint density at radius 2 is 2.08 bits per heavy atom. The maximum absolute atomic E-state index is 5.60. The van der Waals surface area contributed by atoms with Gasteiger partial charge in [0.2, 0.25) is 0 Å². The Labute approximate surface area is 78.1 Å². The molecule has 1 unspecified atom stereocenters. The lowest BCUT2D eigenvalue weighted by Gasteiger charge is -2.35.